The van der Waals surface area contributed by atoms with Crippen LogP contribution >= 0.6 is 18.4 Å². The molecule has 0 aliphatic heterocycles. The number of alkyl halides is 3. The predicted molar refractivity (Wildman–Crippen MR) is 88.5 cm³/mol. The van der Waals surface area contributed by atoms with Gasteiger partial charge in [-0.1, -0.05) is 18.2 Å². The average Bonchev–Trinajstić information content (AvgIpc) is 2.53. The largest absolute Gasteiger partial charge is 0.457 e. The van der Waals surface area contributed by atoms with Crippen LogP contribution in [-0.4, -0.2) is 4.92 Å². The lowest BCUT2D eigenvalue weighted by molar-refractivity contribution is -0.383. The Kier molecular flexibility index (Phi) is 5.75. The summed E-state index contributed by atoms with van der Waals surface area (Å²) >= 11 is 5.56. The number of halogens is 4. The molecule has 10 heteroatoms. The van der Waals surface area contributed by atoms with Crippen LogP contribution in [0, 0.1) is 10.1 Å². The fourth-order valence-electron chi connectivity index (χ4n) is 2.13. The van der Waals surface area contributed by atoms with E-state index in [0.29, 0.717) is 12.0 Å². The van der Waals surface area contributed by atoms with Crippen molar-refractivity contribution in [3.8, 4) is 11.5 Å². The highest BCUT2D eigenvalue weighted by Crippen LogP contribution is 2.37. The van der Waals surface area contributed by atoms with E-state index in [4.69, 9.17) is 16.0 Å². The van der Waals surface area contributed by atoms with Crippen LogP contribution in [0.15, 0.2) is 36.4 Å². The molecular weight excluding hydrogens is 382 g/mol. The summed E-state index contributed by atoms with van der Waals surface area (Å²) in [7, 11) is -2.90. The first-order valence-corrected chi connectivity index (χ1v) is 9.41. The molecule has 0 fully saturated rings. The van der Waals surface area contributed by atoms with Crippen LogP contribution in [0.3, 0.4) is 0 Å². The van der Waals surface area contributed by atoms with Crippen molar-refractivity contribution in [1.82, 2.24) is 0 Å². The number of aryl methyl sites for hydroxylation is 1. The Labute approximate surface area is 146 Å². The van der Waals surface area contributed by atoms with E-state index in [1.54, 1.807) is 6.92 Å². The molecule has 2 aromatic carbocycles. The molecule has 0 aliphatic rings. The monoisotopic (exact) mass is 393 g/mol. The van der Waals surface area contributed by atoms with Crippen LogP contribution in [0.25, 0.3) is 0 Å². The number of rotatable bonds is 5. The van der Waals surface area contributed by atoms with Crippen molar-refractivity contribution < 1.29 is 27.4 Å². The lowest BCUT2D eigenvalue weighted by Crippen LogP contribution is -2.07. The zero-order valence-electron chi connectivity index (χ0n) is 12.8. The van der Waals surface area contributed by atoms with Crippen molar-refractivity contribution in [2.75, 3.05) is 0 Å². The summed E-state index contributed by atoms with van der Waals surface area (Å²) in [6.07, 6.45) is -4.10. The van der Waals surface area contributed by atoms with Gasteiger partial charge in [-0.3, -0.25) is 10.1 Å². The van der Waals surface area contributed by atoms with Crippen molar-refractivity contribution in [3.05, 3.63) is 57.6 Å². The molecule has 134 valence electrons. The Bertz CT molecular complexity index is 825. The van der Waals surface area contributed by atoms with Crippen LogP contribution in [0.1, 0.15) is 18.1 Å². The van der Waals surface area contributed by atoms with Crippen molar-refractivity contribution in [2.45, 2.75) is 19.5 Å². The molecule has 0 spiro atoms. The molecule has 0 radical (unpaired) electrons. The van der Waals surface area contributed by atoms with E-state index < -0.39 is 23.8 Å². The summed E-state index contributed by atoms with van der Waals surface area (Å²) < 4.78 is 54.8. The van der Waals surface area contributed by atoms with E-state index in [1.807, 2.05) is 0 Å². The minimum atomic E-state index is -4.47. The smallest absolute Gasteiger partial charge is 0.416 e. The van der Waals surface area contributed by atoms with Crippen LogP contribution in [0.2, 0.25) is 0 Å². The average molecular weight is 394 g/mol. The summed E-state index contributed by atoms with van der Waals surface area (Å²) in [5, 5.41) is 10.9. The highest BCUT2D eigenvalue weighted by molar-refractivity contribution is 7.80. The number of nitro groups is 1. The van der Waals surface area contributed by atoms with Crippen molar-refractivity contribution >= 4 is 29.4 Å². The zero-order valence-corrected chi connectivity index (χ0v) is 14.5. The molecule has 1 atom stereocenters. The molecule has 0 amide bonds. The molecule has 0 heterocycles. The molecule has 25 heavy (non-hydrogen) atoms. The van der Waals surface area contributed by atoms with Gasteiger partial charge in [0.2, 0.25) is 0 Å². The Balaban J connectivity index is 2.43. The molecular formula is C15H12ClF3NO4P. The summed E-state index contributed by atoms with van der Waals surface area (Å²) in [6.45, 7) is 1.72. The molecule has 0 bridgehead atoms. The van der Waals surface area contributed by atoms with Gasteiger partial charge in [-0.05, 0) is 36.8 Å². The maximum Gasteiger partial charge on any atom is 0.416 e. The van der Waals surface area contributed by atoms with Gasteiger partial charge in [-0.2, -0.15) is 13.2 Å². The van der Waals surface area contributed by atoms with Gasteiger partial charge in [0.15, 0.2) is 7.15 Å². The normalized spacial score (nSPS) is 12.7. The van der Waals surface area contributed by atoms with E-state index in [9.17, 15) is 27.9 Å². The maximum absolute atomic E-state index is 12.6. The third-order valence-corrected chi connectivity index (χ3v) is 4.81. The van der Waals surface area contributed by atoms with Crippen molar-refractivity contribution in [3.63, 3.8) is 0 Å². The van der Waals surface area contributed by atoms with Crippen LogP contribution in [-0.2, 0) is 17.2 Å². The lowest BCUT2D eigenvalue weighted by Gasteiger charge is -2.13. The maximum atomic E-state index is 12.6. The molecule has 2 rings (SSSR count). The molecule has 5 nitrogen and oxygen atoms in total. The first kappa shape index (κ1) is 19.3. The number of hydrogen-bond donors (Lipinski definition) is 0. The van der Waals surface area contributed by atoms with E-state index in [2.05, 4.69) is 0 Å². The first-order chi connectivity index (χ1) is 11.6. The van der Waals surface area contributed by atoms with Crippen molar-refractivity contribution in [1.29, 1.82) is 0 Å². The number of nitro benzene ring substituents is 1. The second-order valence-corrected chi connectivity index (χ2v) is 7.10. The standard InChI is InChI=1S/C15H12ClF3NO4P/c1-2-9-7-12(20(21)22)14(25(16)23)8-13(9)24-11-5-3-10(4-6-11)15(17,18)19/h3-8,25H,2H2,1H3. The van der Waals surface area contributed by atoms with Gasteiger partial charge in [0.25, 0.3) is 5.69 Å². The van der Waals surface area contributed by atoms with Crippen molar-refractivity contribution in [2.24, 2.45) is 0 Å². The van der Waals surface area contributed by atoms with E-state index in [1.165, 1.54) is 12.1 Å². The summed E-state index contributed by atoms with van der Waals surface area (Å²) in [6, 6.07) is 6.39. The number of nitrogens with zero attached hydrogens (tertiary/aromatic N) is 1. The molecule has 0 N–H and O–H groups in total. The van der Waals surface area contributed by atoms with Crippen LogP contribution in [0.5, 0.6) is 11.5 Å². The summed E-state index contributed by atoms with van der Waals surface area (Å²) in [5.41, 5.74) is -0.767. The number of benzene rings is 2. The minimum absolute atomic E-state index is 0.108. The zero-order chi connectivity index (χ0) is 18.8. The van der Waals surface area contributed by atoms with Gasteiger partial charge in [-0.25, -0.2) is 0 Å². The van der Waals surface area contributed by atoms with E-state index in [-0.39, 0.29) is 22.5 Å². The van der Waals surface area contributed by atoms with E-state index >= 15 is 0 Å². The molecule has 1 unspecified atom stereocenters. The fraction of sp³-hybridized carbons (Fsp3) is 0.200. The Morgan fingerprint density at radius 1 is 1.24 bits per heavy atom. The third kappa shape index (κ3) is 4.52. The third-order valence-electron chi connectivity index (χ3n) is 3.38. The van der Waals surface area contributed by atoms with E-state index in [0.717, 1.165) is 24.3 Å². The van der Waals surface area contributed by atoms with Crippen LogP contribution < -0.4 is 10.0 Å². The van der Waals surface area contributed by atoms with Gasteiger partial charge in [0, 0.05) is 11.6 Å². The predicted octanol–water partition coefficient (Wildman–Crippen LogP) is 5.31. The Morgan fingerprint density at radius 2 is 1.84 bits per heavy atom. The highest BCUT2D eigenvalue weighted by atomic mass is 35.7. The Morgan fingerprint density at radius 3 is 2.28 bits per heavy atom. The molecule has 0 saturated heterocycles. The fourth-order valence-corrected chi connectivity index (χ4v) is 3.19. The first-order valence-electron chi connectivity index (χ1n) is 6.99. The quantitative estimate of drug-likeness (QED) is 0.392. The SMILES string of the molecule is CCc1cc([N+](=O)[O-])c([PH](=O)Cl)cc1Oc1ccc(C(F)(F)F)cc1. The van der Waals surface area contributed by atoms with Gasteiger partial charge in [0.1, 0.15) is 16.8 Å². The van der Waals surface area contributed by atoms with Gasteiger partial charge in [0.05, 0.1) is 10.5 Å². The Hall–Kier alpha value is -2.05. The second kappa shape index (κ2) is 7.45. The minimum Gasteiger partial charge on any atom is -0.457 e. The topological polar surface area (TPSA) is 69.4 Å². The second-order valence-electron chi connectivity index (χ2n) is 4.99. The van der Waals surface area contributed by atoms with Gasteiger partial charge in [-0.15, -0.1) is 0 Å². The van der Waals surface area contributed by atoms with Gasteiger partial charge < -0.3 is 9.30 Å². The number of hydrogen-bond acceptors (Lipinski definition) is 4. The lowest BCUT2D eigenvalue weighted by atomic mass is 10.1. The molecule has 2 aromatic rings. The highest BCUT2D eigenvalue weighted by Gasteiger charge is 2.30. The molecule has 0 aliphatic carbocycles. The van der Waals surface area contributed by atoms with Crippen LogP contribution in [0.4, 0.5) is 18.9 Å². The molecule has 0 aromatic heterocycles. The molecule has 0 saturated carbocycles. The van der Waals surface area contributed by atoms with Gasteiger partial charge >= 0.3 is 6.18 Å². The number of ether oxygens (including phenoxy) is 1. The summed E-state index contributed by atoms with van der Waals surface area (Å²) in [4.78, 5) is 10.4. The summed E-state index contributed by atoms with van der Waals surface area (Å²) in [5.74, 6) is 0.263.